The molecule has 0 aliphatic heterocycles. The Hall–Kier alpha value is -4.11. The molecule has 4 aromatic carbocycles. The van der Waals surface area contributed by atoms with Crippen LogP contribution < -0.4 is 4.74 Å². The lowest BCUT2D eigenvalue weighted by atomic mass is 9.71. The van der Waals surface area contributed by atoms with Crippen LogP contribution in [0.3, 0.4) is 0 Å². The molecule has 5 rings (SSSR count). The highest BCUT2D eigenvalue weighted by molar-refractivity contribution is 5.87. The van der Waals surface area contributed by atoms with Gasteiger partial charge in [-0.2, -0.15) is 5.26 Å². The number of methoxy groups -OCH3 is 1. The minimum atomic E-state index is -1.34. The summed E-state index contributed by atoms with van der Waals surface area (Å²) in [7, 11) is 5.67. The summed E-state index contributed by atoms with van der Waals surface area (Å²) in [5.74, 6) is 0.204. The lowest BCUT2D eigenvalue weighted by Gasteiger charge is -2.39. The fourth-order valence-corrected chi connectivity index (χ4v) is 5.29. The Balaban J connectivity index is 1.83. The highest BCUT2D eigenvalue weighted by Gasteiger charge is 2.43. The molecular formula is C32H30N2O3. The molecule has 0 unspecified atom stereocenters. The SMILES string of the molecule is COc1cc2ccc(C#N)cc2cc1[C@@H](c1ccccc1)[C@@](O)(CCN(C)C)c1cccc2ccoc12. The maximum Gasteiger partial charge on any atom is 0.139 e. The molecule has 0 fully saturated rings. The topological polar surface area (TPSA) is 69.6 Å². The van der Waals surface area contributed by atoms with E-state index in [9.17, 15) is 10.4 Å². The third-order valence-electron chi connectivity index (χ3n) is 7.12. The van der Waals surface area contributed by atoms with Crippen molar-refractivity contribution in [1.29, 1.82) is 5.26 Å². The molecule has 1 aromatic heterocycles. The zero-order valence-electron chi connectivity index (χ0n) is 21.3. The van der Waals surface area contributed by atoms with Gasteiger partial charge in [-0.15, -0.1) is 0 Å². The van der Waals surface area contributed by atoms with Gasteiger partial charge in [0.15, 0.2) is 0 Å². The molecule has 0 spiro atoms. The molecule has 0 amide bonds. The third-order valence-corrected chi connectivity index (χ3v) is 7.12. The average molecular weight is 491 g/mol. The number of nitrogens with zero attached hydrogens (tertiary/aromatic N) is 2. The summed E-state index contributed by atoms with van der Waals surface area (Å²) in [4.78, 5) is 2.08. The van der Waals surface area contributed by atoms with Crippen molar-refractivity contribution in [3.63, 3.8) is 0 Å². The summed E-state index contributed by atoms with van der Waals surface area (Å²) in [6.45, 7) is 0.658. The number of aliphatic hydroxyl groups is 1. The van der Waals surface area contributed by atoms with Gasteiger partial charge in [0.2, 0.25) is 0 Å². The van der Waals surface area contributed by atoms with E-state index in [1.807, 2.05) is 86.9 Å². The molecule has 186 valence electrons. The minimum Gasteiger partial charge on any atom is -0.496 e. The average Bonchev–Trinajstić information content (AvgIpc) is 3.41. The Morgan fingerprint density at radius 2 is 1.76 bits per heavy atom. The van der Waals surface area contributed by atoms with E-state index in [0.29, 0.717) is 29.9 Å². The van der Waals surface area contributed by atoms with Crippen molar-refractivity contribution >= 4 is 21.7 Å². The van der Waals surface area contributed by atoms with Crippen LogP contribution in [-0.4, -0.2) is 37.8 Å². The maximum atomic E-state index is 12.9. The van der Waals surface area contributed by atoms with Crippen molar-refractivity contribution in [3.8, 4) is 11.8 Å². The zero-order valence-corrected chi connectivity index (χ0v) is 21.3. The molecule has 5 aromatic rings. The second kappa shape index (κ2) is 10.1. The zero-order chi connectivity index (χ0) is 26.0. The molecule has 0 radical (unpaired) electrons. The lowest BCUT2D eigenvalue weighted by Crippen LogP contribution is -2.38. The van der Waals surface area contributed by atoms with Crippen molar-refractivity contribution in [1.82, 2.24) is 4.90 Å². The van der Waals surface area contributed by atoms with E-state index in [1.165, 1.54) is 0 Å². The minimum absolute atomic E-state index is 0.457. The van der Waals surface area contributed by atoms with E-state index >= 15 is 0 Å². The van der Waals surface area contributed by atoms with Gasteiger partial charge in [-0.25, -0.2) is 0 Å². The van der Waals surface area contributed by atoms with Crippen LogP contribution in [0.15, 0.2) is 95.6 Å². The quantitative estimate of drug-likeness (QED) is 0.271. The monoisotopic (exact) mass is 490 g/mol. The van der Waals surface area contributed by atoms with Crippen molar-refractivity contribution in [3.05, 3.63) is 113 Å². The largest absolute Gasteiger partial charge is 0.496 e. The summed E-state index contributed by atoms with van der Waals surface area (Å²) < 4.78 is 11.9. The second-order valence-electron chi connectivity index (χ2n) is 9.73. The molecule has 5 heteroatoms. The van der Waals surface area contributed by atoms with Crippen molar-refractivity contribution in [2.45, 2.75) is 17.9 Å². The molecule has 37 heavy (non-hydrogen) atoms. The van der Waals surface area contributed by atoms with Gasteiger partial charge in [-0.3, -0.25) is 0 Å². The summed E-state index contributed by atoms with van der Waals surface area (Å²) in [5.41, 5.74) is 2.47. The Labute approximate surface area is 217 Å². The normalized spacial score (nSPS) is 13.9. The Bertz CT molecular complexity index is 1580. The standard InChI is InChI=1S/C32H30N2O3/c1-34(2)16-15-32(35,28-11-7-10-24-14-17-37-31(24)28)30(23-8-5-4-6-9-23)27-19-26-18-22(21-33)12-13-25(26)20-29(27)36-3/h4-14,17-20,30,35H,15-16H2,1-3H3/t30-,32-/m1/s1. The van der Waals surface area contributed by atoms with Gasteiger partial charge >= 0.3 is 0 Å². The van der Waals surface area contributed by atoms with Crippen LogP contribution in [0.5, 0.6) is 5.75 Å². The fourth-order valence-electron chi connectivity index (χ4n) is 5.29. The lowest BCUT2D eigenvalue weighted by molar-refractivity contribution is 0.00455. The van der Waals surface area contributed by atoms with Crippen molar-refractivity contribution < 1.29 is 14.3 Å². The van der Waals surface area contributed by atoms with Gasteiger partial charge in [0, 0.05) is 29.0 Å². The predicted molar refractivity (Wildman–Crippen MR) is 147 cm³/mol. The summed E-state index contributed by atoms with van der Waals surface area (Å²) in [6.07, 6.45) is 2.12. The van der Waals surface area contributed by atoms with Crippen LogP contribution in [0.25, 0.3) is 21.7 Å². The fraction of sp³-hybridized carbons (Fsp3) is 0.219. The number of nitriles is 1. The van der Waals surface area contributed by atoms with Crippen LogP contribution in [0, 0.1) is 11.3 Å². The van der Waals surface area contributed by atoms with E-state index in [-0.39, 0.29) is 0 Å². The van der Waals surface area contributed by atoms with E-state index < -0.39 is 11.5 Å². The molecule has 0 aliphatic carbocycles. The molecule has 0 saturated heterocycles. The molecular weight excluding hydrogens is 460 g/mol. The number of rotatable bonds is 8. The Morgan fingerprint density at radius 3 is 2.49 bits per heavy atom. The number of para-hydroxylation sites is 1. The van der Waals surface area contributed by atoms with Gasteiger partial charge in [-0.1, -0.05) is 54.6 Å². The van der Waals surface area contributed by atoms with Gasteiger partial charge in [0.1, 0.15) is 16.9 Å². The van der Waals surface area contributed by atoms with E-state index in [4.69, 9.17) is 9.15 Å². The number of fused-ring (bicyclic) bond motifs is 2. The molecule has 0 bridgehead atoms. The van der Waals surface area contributed by atoms with Crippen molar-refractivity contribution in [2.75, 3.05) is 27.7 Å². The Kier molecular flexibility index (Phi) is 6.71. The van der Waals surface area contributed by atoms with Gasteiger partial charge in [0.05, 0.1) is 25.0 Å². The van der Waals surface area contributed by atoms with Gasteiger partial charge < -0.3 is 19.2 Å². The van der Waals surface area contributed by atoms with Crippen LogP contribution >= 0.6 is 0 Å². The van der Waals surface area contributed by atoms with Crippen LogP contribution in [0.1, 0.15) is 34.6 Å². The molecule has 1 heterocycles. The van der Waals surface area contributed by atoms with Gasteiger partial charge in [-0.05, 0) is 67.2 Å². The predicted octanol–water partition coefficient (Wildman–Crippen LogP) is 6.44. The first-order chi connectivity index (χ1) is 17.9. The van der Waals surface area contributed by atoms with E-state index in [0.717, 1.165) is 32.8 Å². The molecule has 0 aliphatic rings. The molecule has 5 nitrogen and oxygen atoms in total. The van der Waals surface area contributed by atoms with Crippen LogP contribution in [0.4, 0.5) is 0 Å². The molecule has 1 N–H and O–H groups in total. The summed E-state index contributed by atoms with van der Waals surface area (Å²) in [6, 6.07) is 29.8. The van der Waals surface area contributed by atoms with E-state index in [1.54, 1.807) is 19.4 Å². The number of hydrogen-bond acceptors (Lipinski definition) is 5. The summed E-state index contributed by atoms with van der Waals surface area (Å²) in [5, 5.41) is 25.2. The van der Waals surface area contributed by atoms with Crippen molar-refractivity contribution in [2.24, 2.45) is 0 Å². The molecule has 0 saturated carbocycles. The third kappa shape index (κ3) is 4.58. The highest BCUT2D eigenvalue weighted by atomic mass is 16.5. The second-order valence-corrected chi connectivity index (χ2v) is 9.73. The first-order valence-corrected chi connectivity index (χ1v) is 12.3. The van der Waals surface area contributed by atoms with Crippen LogP contribution in [0.2, 0.25) is 0 Å². The number of benzene rings is 4. The number of ether oxygens (including phenoxy) is 1. The van der Waals surface area contributed by atoms with E-state index in [2.05, 4.69) is 17.0 Å². The van der Waals surface area contributed by atoms with Gasteiger partial charge in [0.25, 0.3) is 0 Å². The Morgan fingerprint density at radius 1 is 0.946 bits per heavy atom. The number of furan rings is 1. The highest BCUT2D eigenvalue weighted by Crippen LogP contribution is 2.49. The molecule has 2 atom stereocenters. The van der Waals surface area contributed by atoms with Crippen LogP contribution in [-0.2, 0) is 5.60 Å². The smallest absolute Gasteiger partial charge is 0.139 e. The maximum absolute atomic E-state index is 12.9. The summed E-state index contributed by atoms with van der Waals surface area (Å²) >= 11 is 0. The first-order valence-electron chi connectivity index (χ1n) is 12.3. The number of hydrogen-bond donors (Lipinski definition) is 1. The first kappa shape index (κ1) is 24.6.